The molecule has 7 heteroatoms. The second-order valence-electron chi connectivity index (χ2n) is 10.3. The third kappa shape index (κ3) is 6.20. The van der Waals surface area contributed by atoms with Crippen molar-refractivity contribution in [1.29, 1.82) is 0 Å². The van der Waals surface area contributed by atoms with Crippen LogP contribution in [0.1, 0.15) is 64.2 Å². The highest BCUT2D eigenvalue weighted by molar-refractivity contribution is 5.81. The van der Waals surface area contributed by atoms with E-state index in [1.165, 1.54) is 38.5 Å². The van der Waals surface area contributed by atoms with Crippen LogP contribution in [0.15, 0.2) is 0 Å². The summed E-state index contributed by atoms with van der Waals surface area (Å²) in [6.07, 6.45) is 10.5. The van der Waals surface area contributed by atoms with Gasteiger partial charge in [0.25, 0.3) is 0 Å². The van der Waals surface area contributed by atoms with Crippen molar-refractivity contribution in [2.24, 2.45) is 23.7 Å². The van der Waals surface area contributed by atoms with Gasteiger partial charge in [-0.15, -0.1) is 0 Å². The molecule has 3 N–H and O–H groups in total. The first-order chi connectivity index (χ1) is 15.1. The van der Waals surface area contributed by atoms with Crippen LogP contribution in [0.3, 0.4) is 0 Å². The topological polar surface area (TPSA) is 90.9 Å². The molecule has 0 spiro atoms. The molecule has 4 rings (SSSR count). The van der Waals surface area contributed by atoms with Crippen molar-refractivity contribution in [1.82, 2.24) is 15.5 Å². The maximum absolute atomic E-state index is 12.6. The number of morpholine rings is 1. The summed E-state index contributed by atoms with van der Waals surface area (Å²) in [6.45, 7) is 3.48. The van der Waals surface area contributed by atoms with E-state index < -0.39 is 6.10 Å². The molecule has 0 bridgehead atoms. The lowest BCUT2D eigenvalue weighted by Gasteiger charge is -2.33. The third-order valence-electron chi connectivity index (χ3n) is 8.17. The number of fused-ring (bicyclic) bond motifs is 1. The van der Waals surface area contributed by atoms with Crippen LogP contribution in [0.2, 0.25) is 0 Å². The largest absolute Gasteiger partial charge is 0.390 e. The molecule has 1 saturated heterocycles. The zero-order valence-electron chi connectivity index (χ0n) is 18.9. The smallest absolute Gasteiger partial charge is 0.225 e. The first kappa shape index (κ1) is 23.0. The number of nitrogens with zero attached hydrogens (tertiary/aromatic N) is 1. The molecule has 2 amide bonds. The van der Waals surface area contributed by atoms with E-state index in [2.05, 4.69) is 10.6 Å². The summed E-state index contributed by atoms with van der Waals surface area (Å²) in [6, 6.07) is 0.526. The van der Waals surface area contributed by atoms with Gasteiger partial charge >= 0.3 is 0 Å². The highest BCUT2D eigenvalue weighted by Gasteiger charge is 2.36. The average molecular weight is 436 g/mol. The second-order valence-corrected chi connectivity index (χ2v) is 10.3. The van der Waals surface area contributed by atoms with Gasteiger partial charge in [-0.1, -0.05) is 25.7 Å². The Morgan fingerprint density at radius 3 is 2.16 bits per heavy atom. The van der Waals surface area contributed by atoms with E-state index in [-0.39, 0.29) is 23.7 Å². The van der Waals surface area contributed by atoms with Crippen molar-refractivity contribution < 1.29 is 19.4 Å². The minimum atomic E-state index is -0.550. The van der Waals surface area contributed by atoms with Crippen molar-refractivity contribution in [3.63, 3.8) is 0 Å². The maximum atomic E-state index is 12.6. The fraction of sp³-hybridized carbons (Fsp3) is 0.917. The molecule has 4 fully saturated rings. The van der Waals surface area contributed by atoms with Gasteiger partial charge in [0.2, 0.25) is 11.8 Å². The van der Waals surface area contributed by atoms with Gasteiger partial charge in [0, 0.05) is 44.1 Å². The Balaban J connectivity index is 1.10. The van der Waals surface area contributed by atoms with E-state index in [1.807, 2.05) is 4.90 Å². The van der Waals surface area contributed by atoms with Crippen LogP contribution in [-0.2, 0) is 14.3 Å². The van der Waals surface area contributed by atoms with Crippen LogP contribution in [0.5, 0.6) is 0 Å². The van der Waals surface area contributed by atoms with Crippen molar-refractivity contribution in [3.8, 4) is 0 Å². The van der Waals surface area contributed by atoms with E-state index in [0.717, 1.165) is 37.5 Å². The Labute approximate surface area is 186 Å². The summed E-state index contributed by atoms with van der Waals surface area (Å²) in [5.74, 6) is 2.04. The number of hydrogen-bond acceptors (Lipinski definition) is 5. The Kier molecular flexibility index (Phi) is 8.24. The maximum Gasteiger partial charge on any atom is 0.225 e. The molecule has 3 saturated carbocycles. The lowest BCUT2D eigenvalue weighted by atomic mass is 9.81. The zero-order valence-corrected chi connectivity index (χ0v) is 18.9. The highest BCUT2D eigenvalue weighted by Crippen LogP contribution is 2.42. The molecule has 2 unspecified atom stereocenters. The number of nitrogens with one attached hydrogen (secondary N) is 2. The summed E-state index contributed by atoms with van der Waals surface area (Å²) in [5, 5.41) is 16.8. The van der Waals surface area contributed by atoms with Gasteiger partial charge in [-0.2, -0.15) is 0 Å². The molecule has 4 aliphatic rings. The molecule has 176 valence electrons. The lowest BCUT2D eigenvalue weighted by Crippen LogP contribution is -2.46. The molecule has 0 radical (unpaired) electrons. The number of ether oxygens (including phenoxy) is 1. The number of amides is 2. The molecule has 7 nitrogen and oxygen atoms in total. The summed E-state index contributed by atoms with van der Waals surface area (Å²) in [7, 11) is 0. The minimum absolute atomic E-state index is 0.0307. The van der Waals surface area contributed by atoms with Crippen LogP contribution < -0.4 is 10.6 Å². The molecule has 31 heavy (non-hydrogen) atoms. The van der Waals surface area contributed by atoms with Crippen LogP contribution in [0.25, 0.3) is 0 Å². The van der Waals surface area contributed by atoms with Crippen LogP contribution >= 0.6 is 0 Å². The van der Waals surface area contributed by atoms with Gasteiger partial charge in [0.15, 0.2) is 0 Å². The Bertz CT molecular complexity index is 588. The standard InChI is InChI=1S/C24H41N3O4/c28-22(15-25-21-13-19-3-1-2-4-20(19)14-21)16-26-23(29)17-5-7-18(8-6-17)24(30)27-9-11-31-12-10-27/h17-22,25,28H,1-16H2,(H,26,29)/t17?,18?,19?,20?,21?,22-/m0/s1. The Hall–Kier alpha value is -1.18. The van der Waals surface area contributed by atoms with Crippen LogP contribution in [-0.4, -0.2) is 73.4 Å². The predicted octanol–water partition coefficient (Wildman–Crippen LogP) is 1.69. The SMILES string of the molecule is O=C(NC[C@@H](O)CNC1CC2CCCCC2C1)C1CCC(C(=O)N2CCOCC2)CC1. The van der Waals surface area contributed by atoms with Crippen molar-refractivity contribution in [2.75, 3.05) is 39.4 Å². The molecular weight excluding hydrogens is 394 g/mol. The van der Waals surface area contributed by atoms with Gasteiger partial charge in [-0.25, -0.2) is 0 Å². The highest BCUT2D eigenvalue weighted by atomic mass is 16.5. The molecule has 0 aromatic heterocycles. The summed E-state index contributed by atoms with van der Waals surface area (Å²) in [5.41, 5.74) is 0. The fourth-order valence-electron chi connectivity index (χ4n) is 6.28. The molecular formula is C24H41N3O4. The van der Waals surface area contributed by atoms with Crippen LogP contribution in [0.4, 0.5) is 0 Å². The minimum Gasteiger partial charge on any atom is -0.390 e. The van der Waals surface area contributed by atoms with E-state index in [9.17, 15) is 14.7 Å². The number of hydrogen-bond donors (Lipinski definition) is 3. The summed E-state index contributed by atoms with van der Waals surface area (Å²) in [4.78, 5) is 27.1. The normalized spacial score (nSPS) is 34.7. The first-order valence-electron chi connectivity index (χ1n) is 12.7. The van der Waals surface area contributed by atoms with E-state index >= 15 is 0 Å². The quantitative estimate of drug-likeness (QED) is 0.566. The fourth-order valence-corrected chi connectivity index (χ4v) is 6.28. The van der Waals surface area contributed by atoms with E-state index in [0.29, 0.717) is 45.4 Å². The average Bonchev–Trinajstić information content (AvgIpc) is 3.24. The van der Waals surface area contributed by atoms with Crippen molar-refractivity contribution >= 4 is 11.8 Å². The van der Waals surface area contributed by atoms with Gasteiger partial charge in [0.05, 0.1) is 19.3 Å². The monoisotopic (exact) mass is 435 g/mol. The molecule has 3 atom stereocenters. The lowest BCUT2D eigenvalue weighted by molar-refractivity contribution is -0.142. The van der Waals surface area contributed by atoms with Crippen molar-refractivity contribution in [3.05, 3.63) is 0 Å². The number of aliphatic hydroxyl groups is 1. The number of carbonyl (C=O) groups is 2. The zero-order chi connectivity index (χ0) is 21.6. The molecule has 1 heterocycles. The molecule has 0 aromatic rings. The predicted molar refractivity (Wildman–Crippen MR) is 118 cm³/mol. The molecule has 3 aliphatic carbocycles. The van der Waals surface area contributed by atoms with Crippen molar-refractivity contribution in [2.45, 2.75) is 76.4 Å². The first-order valence-corrected chi connectivity index (χ1v) is 12.7. The van der Waals surface area contributed by atoms with E-state index in [1.54, 1.807) is 0 Å². The van der Waals surface area contributed by atoms with Gasteiger partial charge in [-0.05, 0) is 50.4 Å². The molecule has 1 aliphatic heterocycles. The summed E-state index contributed by atoms with van der Waals surface area (Å²) < 4.78 is 5.33. The Morgan fingerprint density at radius 2 is 1.52 bits per heavy atom. The third-order valence-corrected chi connectivity index (χ3v) is 8.17. The summed E-state index contributed by atoms with van der Waals surface area (Å²) >= 11 is 0. The Morgan fingerprint density at radius 1 is 0.903 bits per heavy atom. The van der Waals surface area contributed by atoms with Crippen LogP contribution in [0, 0.1) is 23.7 Å². The van der Waals surface area contributed by atoms with Gasteiger partial charge < -0.3 is 25.4 Å². The number of carbonyl (C=O) groups excluding carboxylic acids is 2. The van der Waals surface area contributed by atoms with E-state index in [4.69, 9.17) is 4.74 Å². The van der Waals surface area contributed by atoms with Gasteiger partial charge in [0.1, 0.15) is 0 Å². The van der Waals surface area contributed by atoms with Gasteiger partial charge in [-0.3, -0.25) is 9.59 Å². The molecule has 0 aromatic carbocycles. The second kappa shape index (κ2) is 11.1. The number of rotatable bonds is 7. The number of aliphatic hydroxyl groups excluding tert-OH is 1.